The number of carboxylic acid groups (broad SMARTS) is 1. The van der Waals surface area contributed by atoms with Crippen molar-refractivity contribution < 1.29 is 14.6 Å². The topological polar surface area (TPSA) is 72.3 Å². The van der Waals surface area contributed by atoms with Crippen LogP contribution in [-0.2, 0) is 4.79 Å². The SMILES string of the molecule is CC(Oc1cccc2sc(-c3cccnc3)nc12)C(=O)O. The lowest BCUT2D eigenvalue weighted by Crippen LogP contribution is -2.22. The van der Waals surface area contributed by atoms with Gasteiger partial charge in [-0.15, -0.1) is 11.3 Å². The first kappa shape index (κ1) is 13.5. The smallest absolute Gasteiger partial charge is 0.344 e. The van der Waals surface area contributed by atoms with Crippen LogP contribution in [0.1, 0.15) is 6.92 Å². The second kappa shape index (κ2) is 5.49. The van der Waals surface area contributed by atoms with Gasteiger partial charge in [-0.1, -0.05) is 6.07 Å². The van der Waals surface area contributed by atoms with Crippen molar-refractivity contribution in [1.29, 1.82) is 0 Å². The van der Waals surface area contributed by atoms with Crippen LogP contribution in [0.3, 0.4) is 0 Å². The van der Waals surface area contributed by atoms with Crippen molar-refractivity contribution in [3.8, 4) is 16.3 Å². The fourth-order valence-corrected chi connectivity index (χ4v) is 2.85. The van der Waals surface area contributed by atoms with Gasteiger partial charge in [0.2, 0.25) is 0 Å². The van der Waals surface area contributed by atoms with Gasteiger partial charge < -0.3 is 9.84 Å². The van der Waals surface area contributed by atoms with Crippen molar-refractivity contribution in [2.45, 2.75) is 13.0 Å². The molecular formula is C15H12N2O3S. The van der Waals surface area contributed by atoms with E-state index in [1.165, 1.54) is 18.3 Å². The molecule has 0 saturated heterocycles. The summed E-state index contributed by atoms with van der Waals surface area (Å²) < 4.78 is 6.42. The number of aromatic nitrogens is 2. The van der Waals surface area contributed by atoms with E-state index in [1.807, 2.05) is 24.3 Å². The highest BCUT2D eigenvalue weighted by Gasteiger charge is 2.16. The van der Waals surface area contributed by atoms with Gasteiger partial charge in [-0.25, -0.2) is 9.78 Å². The van der Waals surface area contributed by atoms with Gasteiger partial charge in [-0.05, 0) is 31.2 Å². The van der Waals surface area contributed by atoms with Gasteiger partial charge in [-0.2, -0.15) is 0 Å². The number of aliphatic carboxylic acids is 1. The van der Waals surface area contributed by atoms with Gasteiger partial charge in [0.1, 0.15) is 16.3 Å². The van der Waals surface area contributed by atoms with Crippen molar-refractivity contribution in [3.05, 3.63) is 42.7 Å². The number of carboxylic acids is 1. The molecule has 1 unspecified atom stereocenters. The van der Waals surface area contributed by atoms with E-state index in [1.54, 1.807) is 18.5 Å². The standard InChI is InChI=1S/C15H12N2O3S/c1-9(15(18)19)20-11-5-2-6-12-13(11)17-14(21-12)10-4-3-7-16-8-10/h2-9H,1H3,(H,18,19). The van der Waals surface area contributed by atoms with Gasteiger partial charge in [0.15, 0.2) is 6.10 Å². The summed E-state index contributed by atoms with van der Waals surface area (Å²) in [6.07, 6.45) is 2.54. The first-order valence-electron chi connectivity index (χ1n) is 6.34. The zero-order valence-corrected chi connectivity index (χ0v) is 12.0. The number of nitrogens with zero attached hydrogens (tertiary/aromatic N) is 2. The quantitative estimate of drug-likeness (QED) is 0.801. The molecule has 6 heteroatoms. The Kier molecular flexibility index (Phi) is 3.53. The van der Waals surface area contributed by atoms with E-state index in [0.29, 0.717) is 11.3 Å². The summed E-state index contributed by atoms with van der Waals surface area (Å²) in [5.41, 5.74) is 1.60. The molecule has 3 rings (SSSR count). The maximum atomic E-state index is 10.9. The minimum Gasteiger partial charge on any atom is -0.479 e. The molecule has 0 spiro atoms. The highest BCUT2D eigenvalue weighted by Crippen LogP contribution is 2.34. The molecule has 0 amide bonds. The monoisotopic (exact) mass is 300 g/mol. The van der Waals surface area contributed by atoms with Crippen molar-refractivity contribution in [3.63, 3.8) is 0 Å². The molecule has 1 N–H and O–H groups in total. The number of benzene rings is 1. The van der Waals surface area contributed by atoms with Crippen LogP contribution in [0.15, 0.2) is 42.7 Å². The Balaban J connectivity index is 2.04. The van der Waals surface area contributed by atoms with Crippen LogP contribution >= 0.6 is 11.3 Å². The molecule has 5 nitrogen and oxygen atoms in total. The summed E-state index contributed by atoms with van der Waals surface area (Å²) in [5.74, 6) is -0.525. The Hall–Kier alpha value is -2.47. The average molecular weight is 300 g/mol. The number of pyridine rings is 1. The predicted molar refractivity (Wildman–Crippen MR) is 80.6 cm³/mol. The van der Waals surface area contributed by atoms with Crippen molar-refractivity contribution in [1.82, 2.24) is 9.97 Å². The van der Waals surface area contributed by atoms with Gasteiger partial charge >= 0.3 is 5.97 Å². The van der Waals surface area contributed by atoms with Crippen LogP contribution in [-0.4, -0.2) is 27.1 Å². The fourth-order valence-electron chi connectivity index (χ4n) is 1.87. The van der Waals surface area contributed by atoms with E-state index in [4.69, 9.17) is 9.84 Å². The van der Waals surface area contributed by atoms with E-state index in [0.717, 1.165) is 15.3 Å². The third kappa shape index (κ3) is 2.71. The van der Waals surface area contributed by atoms with Crippen LogP contribution in [0.25, 0.3) is 20.8 Å². The van der Waals surface area contributed by atoms with E-state index >= 15 is 0 Å². The number of hydrogen-bond acceptors (Lipinski definition) is 5. The molecule has 2 heterocycles. The molecule has 0 aliphatic heterocycles. The molecular weight excluding hydrogens is 288 g/mol. The summed E-state index contributed by atoms with van der Waals surface area (Å²) in [6, 6.07) is 9.29. The zero-order valence-electron chi connectivity index (χ0n) is 11.2. The minimum atomic E-state index is -1.00. The van der Waals surface area contributed by atoms with E-state index < -0.39 is 12.1 Å². The summed E-state index contributed by atoms with van der Waals surface area (Å²) in [6.45, 7) is 1.50. The second-order valence-corrected chi connectivity index (χ2v) is 5.49. The first-order chi connectivity index (χ1) is 10.1. The molecule has 2 aromatic heterocycles. The van der Waals surface area contributed by atoms with Crippen LogP contribution < -0.4 is 4.74 Å². The second-order valence-electron chi connectivity index (χ2n) is 4.46. The highest BCUT2D eigenvalue weighted by molar-refractivity contribution is 7.21. The van der Waals surface area contributed by atoms with Gasteiger partial charge in [-0.3, -0.25) is 4.98 Å². The van der Waals surface area contributed by atoms with E-state index in [9.17, 15) is 4.79 Å². The molecule has 3 aromatic rings. The van der Waals surface area contributed by atoms with Crippen molar-refractivity contribution in [2.24, 2.45) is 0 Å². The molecule has 0 bridgehead atoms. The van der Waals surface area contributed by atoms with Crippen molar-refractivity contribution >= 4 is 27.5 Å². The molecule has 21 heavy (non-hydrogen) atoms. The summed E-state index contributed by atoms with van der Waals surface area (Å²) in [5, 5.41) is 9.78. The van der Waals surface area contributed by atoms with Gasteiger partial charge in [0.05, 0.1) is 4.70 Å². The average Bonchev–Trinajstić information content (AvgIpc) is 2.93. The number of hydrogen-bond donors (Lipinski definition) is 1. The fraction of sp³-hybridized carbons (Fsp3) is 0.133. The lowest BCUT2D eigenvalue weighted by atomic mass is 10.3. The zero-order chi connectivity index (χ0) is 14.8. The van der Waals surface area contributed by atoms with Crippen LogP contribution in [0, 0.1) is 0 Å². The van der Waals surface area contributed by atoms with Crippen LogP contribution in [0.4, 0.5) is 0 Å². The molecule has 1 atom stereocenters. The van der Waals surface area contributed by atoms with E-state index in [-0.39, 0.29) is 0 Å². The Morgan fingerprint density at radius 1 is 1.33 bits per heavy atom. The maximum Gasteiger partial charge on any atom is 0.344 e. The number of fused-ring (bicyclic) bond motifs is 1. The Morgan fingerprint density at radius 2 is 2.19 bits per heavy atom. The third-order valence-electron chi connectivity index (χ3n) is 2.94. The highest BCUT2D eigenvalue weighted by atomic mass is 32.1. The minimum absolute atomic E-state index is 0.480. The third-order valence-corrected chi connectivity index (χ3v) is 4.01. The van der Waals surface area contributed by atoms with E-state index in [2.05, 4.69) is 9.97 Å². The molecule has 0 saturated carbocycles. The number of rotatable bonds is 4. The summed E-state index contributed by atoms with van der Waals surface area (Å²) in [4.78, 5) is 19.6. The molecule has 0 aliphatic carbocycles. The summed E-state index contributed by atoms with van der Waals surface area (Å²) in [7, 11) is 0. The Labute approximate surface area is 124 Å². The molecule has 0 aliphatic rings. The van der Waals surface area contributed by atoms with Crippen LogP contribution in [0.2, 0.25) is 0 Å². The number of thiazole rings is 1. The summed E-state index contributed by atoms with van der Waals surface area (Å²) >= 11 is 1.52. The predicted octanol–water partition coefficient (Wildman–Crippen LogP) is 3.21. The molecule has 1 aromatic carbocycles. The number of carbonyl (C=O) groups is 1. The first-order valence-corrected chi connectivity index (χ1v) is 7.16. The largest absolute Gasteiger partial charge is 0.479 e. The number of ether oxygens (including phenoxy) is 1. The normalized spacial score (nSPS) is 12.2. The lowest BCUT2D eigenvalue weighted by molar-refractivity contribution is -0.144. The molecule has 0 fully saturated rings. The van der Waals surface area contributed by atoms with Crippen LogP contribution in [0.5, 0.6) is 5.75 Å². The molecule has 106 valence electrons. The molecule has 0 radical (unpaired) electrons. The Morgan fingerprint density at radius 3 is 2.90 bits per heavy atom. The van der Waals surface area contributed by atoms with Gasteiger partial charge in [0.25, 0.3) is 0 Å². The van der Waals surface area contributed by atoms with Gasteiger partial charge in [0, 0.05) is 18.0 Å². The number of para-hydroxylation sites is 1. The lowest BCUT2D eigenvalue weighted by Gasteiger charge is -2.10. The maximum absolute atomic E-state index is 10.9. The van der Waals surface area contributed by atoms with Crippen molar-refractivity contribution in [2.75, 3.05) is 0 Å². The Bertz CT molecular complexity index is 786.